The van der Waals surface area contributed by atoms with Crippen LogP contribution in [0.5, 0.6) is 0 Å². The van der Waals surface area contributed by atoms with E-state index >= 15 is 0 Å². The summed E-state index contributed by atoms with van der Waals surface area (Å²) in [5.41, 5.74) is 1.83. The van der Waals surface area contributed by atoms with Crippen molar-refractivity contribution in [2.24, 2.45) is 11.3 Å². The van der Waals surface area contributed by atoms with Gasteiger partial charge in [-0.05, 0) is 68.5 Å². The predicted molar refractivity (Wildman–Crippen MR) is 98.1 cm³/mol. The summed E-state index contributed by atoms with van der Waals surface area (Å²) in [5, 5.41) is 0. The molecule has 0 N–H and O–H groups in total. The Hall–Kier alpha value is -1.35. The Morgan fingerprint density at radius 2 is 1.83 bits per heavy atom. The maximum absolute atomic E-state index is 12.5. The molecule has 2 bridgehead atoms. The smallest absolute Gasteiger partial charge is 0.226 e. The number of hydrogen-bond donors (Lipinski definition) is 0. The summed E-state index contributed by atoms with van der Waals surface area (Å²) in [7, 11) is 0. The summed E-state index contributed by atoms with van der Waals surface area (Å²) < 4.78 is 0. The highest BCUT2D eigenvalue weighted by Crippen LogP contribution is 2.66. The maximum Gasteiger partial charge on any atom is 0.226 e. The van der Waals surface area contributed by atoms with E-state index in [0.29, 0.717) is 12.5 Å². The molecule has 5 rings (SSSR count). The molecule has 1 aliphatic heterocycles. The normalized spacial score (nSPS) is 29.6. The van der Waals surface area contributed by atoms with Gasteiger partial charge in [-0.2, -0.15) is 0 Å². The van der Waals surface area contributed by atoms with Gasteiger partial charge in [0.2, 0.25) is 5.91 Å². The van der Waals surface area contributed by atoms with Crippen molar-refractivity contribution in [2.75, 3.05) is 24.5 Å². The van der Waals surface area contributed by atoms with Gasteiger partial charge in [-0.3, -0.25) is 4.79 Å². The summed E-state index contributed by atoms with van der Waals surface area (Å²) >= 11 is 0. The Balaban J connectivity index is 1.33. The minimum Gasteiger partial charge on any atom is -0.309 e. The highest BCUT2D eigenvalue weighted by atomic mass is 16.2. The molecular weight excluding hydrogens is 296 g/mol. The molecule has 24 heavy (non-hydrogen) atoms. The minimum absolute atomic E-state index is 0.258. The number of likely N-dealkylation sites (tertiary alicyclic amines) is 1. The Morgan fingerprint density at radius 3 is 2.38 bits per heavy atom. The van der Waals surface area contributed by atoms with Crippen LogP contribution in [0.25, 0.3) is 0 Å². The molecule has 1 saturated heterocycles. The van der Waals surface area contributed by atoms with Gasteiger partial charge in [-0.1, -0.05) is 25.1 Å². The van der Waals surface area contributed by atoms with Gasteiger partial charge in [0.1, 0.15) is 0 Å². The molecule has 1 heterocycles. The van der Waals surface area contributed by atoms with Gasteiger partial charge in [0.15, 0.2) is 0 Å². The quantitative estimate of drug-likeness (QED) is 0.786. The maximum atomic E-state index is 12.5. The third-order valence-corrected chi connectivity index (χ3v) is 6.65. The van der Waals surface area contributed by atoms with E-state index in [2.05, 4.69) is 21.9 Å². The first kappa shape index (κ1) is 16.1. The molecule has 4 aliphatic rings. The number of anilines is 1. The van der Waals surface area contributed by atoms with Gasteiger partial charge >= 0.3 is 0 Å². The zero-order chi connectivity index (χ0) is 16.6. The first-order chi connectivity index (χ1) is 11.7. The molecular formula is C21H30N2O. The van der Waals surface area contributed by atoms with E-state index in [9.17, 15) is 4.79 Å². The van der Waals surface area contributed by atoms with Crippen LogP contribution in [0, 0.1) is 11.3 Å². The van der Waals surface area contributed by atoms with Gasteiger partial charge in [-0.15, -0.1) is 0 Å². The molecule has 1 aromatic rings. The lowest BCUT2D eigenvalue weighted by Crippen LogP contribution is -2.54. The van der Waals surface area contributed by atoms with Crippen LogP contribution in [0.1, 0.15) is 51.9 Å². The molecule has 3 nitrogen and oxygen atoms in total. The largest absolute Gasteiger partial charge is 0.309 e. The van der Waals surface area contributed by atoms with E-state index in [1.807, 2.05) is 25.1 Å². The second kappa shape index (κ2) is 6.51. The van der Waals surface area contributed by atoms with Crippen LogP contribution < -0.4 is 4.90 Å². The molecule has 1 aromatic carbocycles. The lowest BCUT2D eigenvalue weighted by molar-refractivity contribution is -0.119. The Morgan fingerprint density at radius 1 is 1.17 bits per heavy atom. The number of hydrogen-bond acceptors (Lipinski definition) is 2. The van der Waals surface area contributed by atoms with Crippen LogP contribution in [0.4, 0.5) is 5.69 Å². The summed E-state index contributed by atoms with van der Waals surface area (Å²) in [6.07, 6.45) is 8.73. The fraction of sp³-hybridized carbons (Fsp3) is 0.667. The fourth-order valence-electron chi connectivity index (χ4n) is 5.08. The van der Waals surface area contributed by atoms with Crippen LogP contribution in [0.15, 0.2) is 30.3 Å². The van der Waals surface area contributed by atoms with E-state index in [1.165, 1.54) is 32.2 Å². The third kappa shape index (κ3) is 2.99. The molecule has 0 radical (unpaired) electrons. The first-order valence-corrected chi connectivity index (χ1v) is 9.79. The van der Waals surface area contributed by atoms with Crippen LogP contribution in [-0.4, -0.2) is 36.5 Å². The standard InChI is InChI=1S/C21H30N2O/c1-2-20(24)23(18-6-4-3-5-7-18)19-8-11-22(12-9-19)13-10-21-14-17(15-21)16-21/h3-7,17,19H,2,8-16H2,1H3. The average Bonchev–Trinajstić information content (AvgIpc) is 2.55. The molecule has 130 valence electrons. The van der Waals surface area contributed by atoms with Gasteiger partial charge in [0, 0.05) is 31.2 Å². The molecule has 0 unspecified atom stereocenters. The van der Waals surface area contributed by atoms with Crippen molar-refractivity contribution in [3.05, 3.63) is 30.3 Å². The topological polar surface area (TPSA) is 23.6 Å². The number of para-hydroxylation sites is 1. The molecule has 4 fully saturated rings. The summed E-state index contributed by atoms with van der Waals surface area (Å²) in [6, 6.07) is 10.6. The zero-order valence-corrected chi connectivity index (χ0v) is 14.9. The Labute approximate surface area is 146 Å². The van der Waals surface area contributed by atoms with Crippen molar-refractivity contribution in [1.29, 1.82) is 0 Å². The number of carbonyl (C=O) groups excluding carboxylic acids is 1. The Bertz CT molecular complexity index is 560. The van der Waals surface area contributed by atoms with E-state index in [0.717, 1.165) is 43.0 Å². The van der Waals surface area contributed by atoms with Gasteiger partial charge < -0.3 is 9.80 Å². The number of nitrogens with zero attached hydrogens (tertiary/aromatic N) is 2. The lowest BCUT2D eigenvalue weighted by atomic mass is 9.43. The molecule has 0 aromatic heterocycles. The summed E-state index contributed by atoms with van der Waals surface area (Å²) in [6.45, 7) is 5.53. The van der Waals surface area contributed by atoms with E-state index in [4.69, 9.17) is 0 Å². The van der Waals surface area contributed by atoms with Crippen molar-refractivity contribution in [1.82, 2.24) is 4.90 Å². The molecule has 0 spiro atoms. The highest BCUT2D eigenvalue weighted by Gasteiger charge is 2.55. The first-order valence-electron chi connectivity index (χ1n) is 9.79. The van der Waals surface area contributed by atoms with Crippen LogP contribution in [0.3, 0.4) is 0 Å². The second-order valence-electron chi connectivity index (χ2n) is 8.25. The number of carbonyl (C=O) groups is 1. The fourth-order valence-corrected chi connectivity index (χ4v) is 5.08. The number of amides is 1. The number of piperidine rings is 1. The molecule has 0 atom stereocenters. The third-order valence-electron chi connectivity index (χ3n) is 6.65. The van der Waals surface area contributed by atoms with E-state index in [1.54, 1.807) is 0 Å². The molecule has 1 amide bonds. The van der Waals surface area contributed by atoms with Crippen LogP contribution in [-0.2, 0) is 4.79 Å². The van der Waals surface area contributed by atoms with Crippen molar-refractivity contribution >= 4 is 11.6 Å². The molecule has 3 heteroatoms. The van der Waals surface area contributed by atoms with Gasteiger partial charge in [-0.25, -0.2) is 0 Å². The van der Waals surface area contributed by atoms with Gasteiger partial charge in [0.05, 0.1) is 0 Å². The molecule has 3 aliphatic carbocycles. The summed E-state index contributed by atoms with van der Waals surface area (Å²) in [5.74, 6) is 1.35. The average molecular weight is 326 g/mol. The van der Waals surface area contributed by atoms with Crippen molar-refractivity contribution < 1.29 is 4.79 Å². The monoisotopic (exact) mass is 326 g/mol. The van der Waals surface area contributed by atoms with Crippen LogP contribution in [0.2, 0.25) is 0 Å². The highest BCUT2D eigenvalue weighted by molar-refractivity contribution is 5.93. The van der Waals surface area contributed by atoms with E-state index < -0.39 is 0 Å². The number of rotatable bonds is 6. The second-order valence-corrected chi connectivity index (χ2v) is 8.25. The van der Waals surface area contributed by atoms with E-state index in [-0.39, 0.29) is 5.91 Å². The van der Waals surface area contributed by atoms with Crippen molar-refractivity contribution in [2.45, 2.75) is 57.9 Å². The minimum atomic E-state index is 0.258. The SMILES string of the molecule is CCC(=O)N(c1ccccc1)C1CCN(CCC23CC(C2)C3)CC1. The van der Waals surface area contributed by atoms with Gasteiger partial charge in [0.25, 0.3) is 0 Å². The van der Waals surface area contributed by atoms with Crippen molar-refractivity contribution in [3.63, 3.8) is 0 Å². The van der Waals surface area contributed by atoms with Crippen molar-refractivity contribution in [3.8, 4) is 0 Å². The zero-order valence-electron chi connectivity index (χ0n) is 14.9. The molecule has 3 saturated carbocycles. The number of benzene rings is 1. The summed E-state index contributed by atoms with van der Waals surface area (Å²) in [4.78, 5) is 17.2. The lowest BCUT2D eigenvalue weighted by Gasteiger charge is -2.62. The Kier molecular flexibility index (Phi) is 4.38. The predicted octanol–water partition coefficient (Wildman–Crippen LogP) is 4.08. The van der Waals surface area contributed by atoms with Crippen LogP contribution >= 0.6 is 0 Å².